The maximum Gasteiger partial charge on any atom is 0.122 e. The molecule has 0 bridgehead atoms. The molecule has 0 radical (unpaired) electrons. The van der Waals surface area contributed by atoms with Crippen molar-refractivity contribution in [2.24, 2.45) is 5.92 Å². The van der Waals surface area contributed by atoms with E-state index in [1.165, 1.54) is 12.8 Å². The highest BCUT2D eigenvalue weighted by molar-refractivity contribution is 5.16. The Kier molecular flexibility index (Phi) is 5.38. The number of hydrogen-bond acceptors (Lipinski definition) is 4. The summed E-state index contributed by atoms with van der Waals surface area (Å²) in [5.74, 6) is 0.518. The Balaban J connectivity index is 2.62. The zero-order valence-corrected chi connectivity index (χ0v) is 11.5. The van der Waals surface area contributed by atoms with Crippen LogP contribution >= 0.6 is 0 Å². The molecule has 0 aromatic heterocycles. The summed E-state index contributed by atoms with van der Waals surface area (Å²) in [5.41, 5.74) is -0.370. The van der Waals surface area contributed by atoms with Crippen LogP contribution in [0.3, 0.4) is 0 Å². The molecule has 1 N–H and O–H groups in total. The van der Waals surface area contributed by atoms with Gasteiger partial charge in [0.2, 0.25) is 0 Å². The smallest absolute Gasteiger partial charge is 0.122 e. The predicted molar refractivity (Wildman–Crippen MR) is 68.7 cm³/mol. The Bertz CT molecular complexity index is 272. The number of rotatable bonds is 8. The third kappa shape index (κ3) is 3.67. The minimum Gasteiger partial charge on any atom is -0.383 e. The lowest BCUT2D eigenvalue weighted by molar-refractivity contribution is 0.0985. The molecule has 1 saturated carbocycles. The van der Waals surface area contributed by atoms with Gasteiger partial charge >= 0.3 is 0 Å². The highest BCUT2D eigenvalue weighted by atomic mass is 16.5. The highest BCUT2D eigenvalue weighted by Crippen LogP contribution is 2.40. The normalized spacial score (nSPS) is 20.9. The largest absolute Gasteiger partial charge is 0.383 e. The molecule has 2 unspecified atom stereocenters. The lowest BCUT2D eigenvalue weighted by Crippen LogP contribution is -2.55. The van der Waals surface area contributed by atoms with Crippen LogP contribution in [0.1, 0.15) is 26.7 Å². The number of methoxy groups -OCH3 is 1. The van der Waals surface area contributed by atoms with Crippen molar-refractivity contribution in [1.29, 1.82) is 5.26 Å². The molecular formula is C13H25N3O. The SMILES string of the molecule is CCNC(C#N)(CN(C)C(C)COC)C1CC1. The molecule has 0 spiro atoms. The average Bonchev–Trinajstić information content (AvgIpc) is 3.12. The molecule has 1 rings (SSSR count). The molecule has 0 heterocycles. The Labute approximate surface area is 105 Å². The first kappa shape index (κ1) is 14.4. The van der Waals surface area contributed by atoms with Crippen molar-refractivity contribution in [3.05, 3.63) is 0 Å². The number of nitriles is 1. The molecule has 0 aromatic carbocycles. The van der Waals surface area contributed by atoms with Gasteiger partial charge in [-0.05, 0) is 39.3 Å². The molecule has 0 saturated heterocycles. The van der Waals surface area contributed by atoms with Gasteiger partial charge in [0, 0.05) is 19.7 Å². The second-order valence-corrected chi connectivity index (χ2v) is 5.11. The highest BCUT2D eigenvalue weighted by Gasteiger charge is 2.46. The number of likely N-dealkylation sites (N-methyl/N-ethyl adjacent to an activating group) is 2. The lowest BCUT2D eigenvalue weighted by atomic mass is 9.93. The Morgan fingerprint density at radius 3 is 2.65 bits per heavy atom. The van der Waals surface area contributed by atoms with Gasteiger partial charge in [0.25, 0.3) is 0 Å². The van der Waals surface area contributed by atoms with Crippen LogP contribution in [0.15, 0.2) is 0 Å². The maximum atomic E-state index is 9.51. The van der Waals surface area contributed by atoms with Gasteiger partial charge < -0.3 is 4.74 Å². The van der Waals surface area contributed by atoms with E-state index < -0.39 is 0 Å². The van der Waals surface area contributed by atoms with Crippen molar-refractivity contribution < 1.29 is 4.74 Å². The topological polar surface area (TPSA) is 48.3 Å². The van der Waals surface area contributed by atoms with E-state index in [2.05, 4.69) is 37.2 Å². The number of hydrogen-bond donors (Lipinski definition) is 1. The number of nitrogens with one attached hydrogen (secondary N) is 1. The van der Waals surface area contributed by atoms with Gasteiger partial charge in [0.15, 0.2) is 0 Å². The van der Waals surface area contributed by atoms with E-state index in [0.717, 1.165) is 13.1 Å². The summed E-state index contributed by atoms with van der Waals surface area (Å²) >= 11 is 0. The molecule has 0 aromatic rings. The summed E-state index contributed by atoms with van der Waals surface area (Å²) in [7, 11) is 3.78. The van der Waals surface area contributed by atoms with Crippen molar-refractivity contribution in [2.75, 3.05) is 33.9 Å². The molecule has 0 amide bonds. The first-order valence-electron chi connectivity index (χ1n) is 6.45. The molecule has 17 heavy (non-hydrogen) atoms. The molecule has 1 aliphatic carbocycles. The fourth-order valence-electron chi connectivity index (χ4n) is 2.30. The van der Waals surface area contributed by atoms with Crippen LogP contribution in [0.25, 0.3) is 0 Å². The minimum absolute atomic E-state index is 0.338. The Morgan fingerprint density at radius 2 is 2.24 bits per heavy atom. The molecule has 1 aliphatic rings. The quantitative estimate of drug-likeness (QED) is 0.692. The predicted octanol–water partition coefficient (Wildman–Crippen LogP) is 1.23. The minimum atomic E-state index is -0.370. The molecule has 4 heteroatoms. The van der Waals surface area contributed by atoms with Gasteiger partial charge in [0.05, 0.1) is 12.7 Å². The number of nitrogens with zero attached hydrogens (tertiary/aromatic N) is 2. The van der Waals surface area contributed by atoms with Crippen molar-refractivity contribution in [3.63, 3.8) is 0 Å². The van der Waals surface area contributed by atoms with Crippen molar-refractivity contribution in [3.8, 4) is 6.07 Å². The molecule has 0 aliphatic heterocycles. The van der Waals surface area contributed by atoms with Crippen molar-refractivity contribution in [1.82, 2.24) is 10.2 Å². The Morgan fingerprint density at radius 1 is 1.59 bits per heavy atom. The zero-order valence-electron chi connectivity index (χ0n) is 11.5. The summed E-state index contributed by atoms with van der Waals surface area (Å²) < 4.78 is 5.16. The van der Waals surface area contributed by atoms with E-state index in [-0.39, 0.29) is 5.54 Å². The van der Waals surface area contributed by atoms with Gasteiger partial charge in [-0.25, -0.2) is 0 Å². The van der Waals surface area contributed by atoms with Gasteiger partial charge in [-0.1, -0.05) is 6.92 Å². The van der Waals surface area contributed by atoms with Crippen LogP contribution < -0.4 is 5.32 Å². The zero-order chi connectivity index (χ0) is 12.9. The van der Waals surface area contributed by atoms with E-state index in [0.29, 0.717) is 18.6 Å². The maximum absolute atomic E-state index is 9.51. The molecular weight excluding hydrogens is 214 g/mol. The van der Waals surface area contributed by atoms with Crippen LogP contribution in [-0.2, 0) is 4.74 Å². The van der Waals surface area contributed by atoms with Crippen LogP contribution in [-0.4, -0.2) is 50.3 Å². The lowest BCUT2D eigenvalue weighted by Gasteiger charge is -2.35. The first-order valence-corrected chi connectivity index (χ1v) is 6.45. The van der Waals surface area contributed by atoms with Crippen molar-refractivity contribution in [2.45, 2.75) is 38.3 Å². The summed E-state index contributed by atoms with van der Waals surface area (Å²) in [6.07, 6.45) is 2.35. The van der Waals surface area contributed by atoms with Crippen LogP contribution in [0, 0.1) is 17.2 Å². The molecule has 2 atom stereocenters. The van der Waals surface area contributed by atoms with Crippen LogP contribution in [0.2, 0.25) is 0 Å². The monoisotopic (exact) mass is 239 g/mol. The van der Waals surface area contributed by atoms with Crippen LogP contribution in [0.5, 0.6) is 0 Å². The third-order valence-corrected chi connectivity index (χ3v) is 3.63. The first-order chi connectivity index (χ1) is 8.09. The van der Waals surface area contributed by atoms with E-state index >= 15 is 0 Å². The van der Waals surface area contributed by atoms with E-state index in [4.69, 9.17) is 4.74 Å². The molecule has 98 valence electrons. The standard InChI is InChI=1S/C13H25N3O/c1-5-15-13(9-14,12-6-7-12)10-16(3)11(2)8-17-4/h11-12,15H,5-8,10H2,1-4H3. The van der Waals surface area contributed by atoms with Crippen LogP contribution in [0.4, 0.5) is 0 Å². The van der Waals surface area contributed by atoms with Crippen molar-refractivity contribution >= 4 is 0 Å². The van der Waals surface area contributed by atoms with Gasteiger partial charge in [-0.3, -0.25) is 10.2 Å². The molecule has 4 nitrogen and oxygen atoms in total. The summed E-state index contributed by atoms with van der Waals surface area (Å²) in [5, 5.41) is 12.9. The summed E-state index contributed by atoms with van der Waals surface area (Å²) in [6.45, 7) is 6.51. The van der Waals surface area contributed by atoms with Gasteiger partial charge in [0.1, 0.15) is 5.54 Å². The third-order valence-electron chi connectivity index (χ3n) is 3.63. The van der Waals surface area contributed by atoms with E-state index in [1.54, 1.807) is 7.11 Å². The summed E-state index contributed by atoms with van der Waals surface area (Å²) in [6, 6.07) is 2.85. The van der Waals surface area contributed by atoms with Gasteiger partial charge in [-0.2, -0.15) is 5.26 Å². The average molecular weight is 239 g/mol. The Hall–Kier alpha value is -0.630. The fraction of sp³-hybridized carbons (Fsp3) is 0.923. The number of ether oxygens (including phenoxy) is 1. The summed E-state index contributed by atoms with van der Waals surface area (Å²) in [4.78, 5) is 2.22. The van der Waals surface area contributed by atoms with E-state index in [9.17, 15) is 5.26 Å². The van der Waals surface area contributed by atoms with E-state index in [1.807, 2.05) is 0 Å². The molecule has 1 fully saturated rings. The fourth-order valence-corrected chi connectivity index (χ4v) is 2.30. The van der Waals surface area contributed by atoms with Gasteiger partial charge in [-0.15, -0.1) is 0 Å². The second-order valence-electron chi connectivity index (χ2n) is 5.11. The second kappa shape index (κ2) is 6.34.